The van der Waals surface area contributed by atoms with E-state index in [-0.39, 0.29) is 0 Å². The minimum Gasteiger partial charge on any atom is -0.497 e. The number of rotatable bonds is 6. The van der Waals surface area contributed by atoms with Gasteiger partial charge in [-0.15, -0.1) is 0 Å². The Balaban J connectivity index is 1.51. The third-order valence-electron chi connectivity index (χ3n) is 5.87. The summed E-state index contributed by atoms with van der Waals surface area (Å²) in [4.78, 5) is 2.44. The van der Waals surface area contributed by atoms with Crippen LogP contribution in [0.25, 0.3) is 0 Å². The van der Waals surface area contributed by atoms with E-state index in [0.717, 1.165) is 47.9 Å². The first-order valence-electron chi connectivity index (χ1n) is 10.4. The van der Waals surface area contributed by atoms with E-state index in [1.54, 1.807) is 14.2 Å². The van der Waals surface area contributed by atoms with E-state index in [2.05, 4.69) is 42.3 Å². The van der Waals surface area contributed by atoms with Crippen LogP contribution in [-0.2, 0) is 12.8 Å². The molecule has 0 saturated carbocycles. The van der Waals surface area contributed by atoms with Crippen molar-refractivity contribution in [2.24, 2.45) is 0 Å². The molecular weight excluding hydrogens is 374 g/mol. The standard InChI is InChI=1S/C26H29NO3/c1-18-5-12-25(29-4)26(15-18)30-21-8-6-19(7-9-21)16-24-23-11-10-22(28-3)17-20(23)13-14-27(24)2/h5-12,15,17,24H,13-14,16H2,1-4H3. The second kappa shape index (κ2) is 8.80. The summed E-state index contributed by atoms with van der Waals surface area (Å²) in [7, 11) is 5.60. The molecule has 0 N–H and O–H groups in total. The highest BCUT2D eigenvalue weighted by molar-refractivity contribution is 5.46. The van der Waals surface area contributed by atoms with E-state index >= 15 is 0 Å². The van der Waals surface area contributed by atoms with Crippen molar-refractivity contribution < 1.29 is 14.2 Å². The lowest BCUT2D eigenvalue weighted by atomic mass is 9.89. The highest BCUT2D eigenvalue weighted by atomic mass is 16.5. The largest absolute Gasteiger partial charge is 0.497 e. The van der Waals surface area contributed by atoms with Crippen LogP contribution >= 0.6 is 0 Å². The molecule has 1 heterocycles. The highest BCUT2D eigenvalue weighted by Crippen LogP contribution is 2.35. The van der Waals surface area contributed by atoms with Crippen LogP contribution in [0.15, 0.2) is 60.7 Å². The fraction of sp³-hybridized carbons (Fsp3) is 0.308. The molecule has 0 saturated heterocycles. The van der Waals surface area contributed by atoms with Gasteiger partial charge >= 0.3 is 0 Å². The maximum absolute atomic E-state index is 6.08. The number of fused-ring (bicyclic) bond motifs is 1. The Labute approximate surface area is 179 Å². The number of methoxy groups -OCH3 is 2. The quantitative estimate of drug-likeness (QED) is 0.538. The number of nitrogens with zero attached hydrogens (tertiary/aromatic N) is 1. The Kier molecular flexibility index (Phi) is 5.96. The third-order valence-corrected chi connectivity index (χ3v) is 5.87. The first kappa shape index (κ1) is 20.3. The van der Waals surface area contributed by atoms with Crippen molar-refractivity contribution in [2.75, 3.05) is 27.8 Å². The molecule has 0 amide bonds. The first-order valence-corrected chi connectivity index (χ1v) is 10.4. The van der Waals surface area contributed by atoms with Gasteiger partial charge in [-0.05, 0) is 85.5 Å². The molecule has 0 radical (unpaired) electrons. The van der Waals surface area contributed by atoms with E-state index in [4.69, 9.17) is 14.2 Å². The van der Waals surface area contributed by atoms with Crippen molar-refractivity contribution in [3.8, 4) is 23.0 Å². The molecule has 4 rings (SSSR count). The maximum Gasteiger partial charge on any atom is 0.169 e. The zero-order valence-electron chi connectivity index (χ0n) is 18.1. The Hall–Kier alpha value is -2.98. The van der Waals surface area contributed by atoms with Crippen LogP contribution in [0.5, 0.6) is 23.0 Å². The lowest BCUT2D eigenvalue weighted by Crippen LogP contribution is -2.33. The van der Waals surface area contributed by atoms with Gasteiger partial charge in [0.15, 0.2) is 11.5 Å². The molecule has 0 aliphatic carbocycles. The van der Waals surface area contributed by atoms with Gasteiger partial charge in [0, 0.05) is 12.6 Å². The number of hydrogen-bond donors (Lipinski definition) is 0. The lowest BCUT2D eigenvalue weighted by molar-refractivity contribution is 0.229. The van der Waals surface area contributed by atoms with Gasteiger partial charge in [-0.3, -0.25) is 4.90 Å². The van der Waals surface area contributed by atoms with Gasteiger partial charge in [-0.2, -0.15) is 0 Å². The van der Waals surface area contributed by atoms with Crippen molar-refractivity contribution in [2.45, 2.75) is 25.8 Å². The first-order chi connectivity index (χ1) is 14.6. The summed E-state index contributed by atoms with van der Waals surface area (Å²) in [6, 6.07) is 21.2. The fourth-order valence-electron chi connectivity index (χ4n) is 4.11. The number of benzene rings is 3. The van der Waals surface area contributed by atoms with Gasteiger partial charge in [0.2, 0.25) is 0 Å². The molecule has 4 heteroatoms. The molecule has 0 bridgehead atoms. The second-order valence-corrected chi connectivity index (χ2v) is 7.92. The van der Waals surface area contributed by atoms with Crippen LogP contribution in [0.4, 0.5) is 0 Å². The summed E-state index contributed by atoms with van der Waals surface area (Å²) in [6.45, 7) is 3.10. The van der Waals surface area contributed by atoms with Crippen LogP contribution in [-0.4, -0.2) is 32.7 Å². The molecule has 1 aliphatic heterocycles. The Morgan fingerprint density at radius 1 is 0.867 bits per heavy atom. The van der Waals surface area contributed by atoms with E-state index in [1.807, 2.05) is 37.3 Å². The molecule has 1 unspecified atom stereocenters. The minimum atomic E-state index is 0.364. The molecule has 30 heavy (non-hydrogen) atoms. The van der Waals surface area contributed by atoms with Crippen molar-refractivity contribution in [3.63, 3.8) is 0 Å². The van der Waals surface area contributed by atoms with E-state index < -0.39 is 0 Å². The van der Waals surface area contributed by atoms with Crippen LogP contribution in [0.2, 0.25) is 0 Å². The van der Waals surface area contributed by atoms with Gasteiger partial charge < -0.3 is 14.2 Å². The summed E-state index contributed by atoms with van der Waals surface area (Å²) in [5.41, 5.74) is 5.22. The average molecular weight is 404 g/mol. The number of ether oxygens (including phenoxy) is 3. The van der Waals surface area contributed by atoms with Crippen molar-refractivity contribution in [1.29, 1.82) is 0 Å². The molecule has 0 aromatic heterocycles. The summed E-state index contributed by atoms with van der Waals surface area (Å²) >= 11 is 0. The Bertz CT molecular complexity index is 1010. The number of hydrogen-bond acceptors (Lipinski definition) is 4. The van der Waals surface area contributed by atoms with E-state index in [0.29, 0.717) is 6.04 Å². The maximum atomic E-state index is 6.08. The van der Waals surface area contributed by atoms with Gasteiger partial charge in [-0.25, -0.2) is 0 Å². The van der Waals surface area contributed by atoms with E-state index in [9.17, 15) is 0 Å². The monoisotopic (exact) mass is 403 g/mol. The zero-order valence-corrected chi connectivity index (χ0v) is 18.1. The second-order valence-electron chi connectivity index (χ2n) is 7.92. The molecule has 0 spiro atoms. The fourth-order valence-corrected chi connectivity index (χ4v) is 4.11. The predicted octanol–water partition coefficient (Wildman–Crippen LogP) is 5.58. The molecular formula is C26H29NO3. The SMILES string of the molecule is COc1ccc2c(c1)CCN(C)C2Cc1ccc(Oc2cc(C)ccc2OC)cc1. The summed E-state index contributed by atoms with van der Waals surface area (Å²) < 4.78 is 16.9. The molecule has 0 fully saturated rings. The number of likely N-dealkylation sites (N-methyl/N-ethyl adjacent to an activating group) is 1. The smallest absolute Gasteiger partial charge is 0.169 e. The summed E-state index contributed by atoms with van der Waals surface area (Å²) in [5.74, 6) is 3.22. The molecule has 3 aromatic carbocycles. The topological polar surface area (TPSA) is 30.9 Å². The number of aryl methyl sites for hydroxylation is 1. The molecule has 1 atom stereocenters. The Morgan fingerprint density at radius 3 is 2.37 bits per heavy atom. The van der Waals surface area contributed by atoms with E-state index in [1.165, 1.54) is 16.7 Å². The van der Waals surface area contributed by atoms with Gasteiger partial charge in [0.25, 0.3) is 0 Å². The van der Waals surface area contributed by atoms with Gasteiger partial charge in [-0.1, -0.05) is 24.3 Å². The molecule has 156 valence electrons. The predicted molar refractivity (Wildman–Crippen MR) is 120 cm³/mol. The lowest BCUT2D eigenvalue weighted by Gasteiger charge is -2.35. The summed E-state index contributed by atoms with van der Waals surface area (Å²) in [6.07, 6.45) is 2.02. The van der Waals surface area contributed by atoms with Gasteiger partial charge in [0.1, 0.15) is 11.5 Å². The molecule has 4 nitrogen and oxygen atoms in total. The van der Waals surface area contributed by atoms with Crippen molar-refractivity contribution >= 4 is 0 Å². The molecule has 1 aliphatic rings. The van der Waals surface area contributed by atoms with Gasteiger partial charge in [0.05, 0.1) is 14.2 Å². The zero-order chi connectivity index (χ0) is 21.1. The Morgan fingerprint density at radius 2 is 1.63 bits per heavy atom. The summed E-state index contributed by atoms with van der Waals surface area (Å²) in [5, 5.41) is 0. The normalized spacial score (nSPS) is 16.1. The van der Waals surface area contributed by atoms with Crippen LogP contribution in [0, 0.1) is 6.92 Å². The van der Waals surface area contributed by atoms with Crippen LogP contribution in [0.1, 0.15) is 28.3 Å². The third kappa shape index (κ3) is 4.29. The van der Waals surface area contributed by atoms with Crippen molar-refractivity contribution in [3.05, 3.63) is 82.9 Å². The van der Waals surface area contributed by atoms with Crippen LogP contribution in [0.3, 0.4) is 0 Å². The van der Waals surface area contributed by atoms with Crippen molar-refractivity contribution in [1.82, 2.24) is 4.90 Å². The average Bonchev–Trinajstić information content (AvgIpc) is 2.77. The minimum absolute atomic E-state index is 0.364. The highest BCUT2D eigenvalue weighted by Gasteiger charge is 2.25. The molecule has 3 aromatic rings. The van der Waals surface area contributed by atoms with Crippen LogP contribution < -0.4 is 14.2 Å².